The molecule has 0 atom stereocenters. The fraction of sp³-hybridized carbons (Fsp3) is 0.188. The summed E-state index contributed by atoms with van der Waals surface area (Å²) in [6, 6.07) is 11.7. The summed E-state index contributed by atoms with van der Waals surface area (Å²) in [5.41, 5.74) is 2.23. The van der Waals surface area contributed by atoms with Gasteiger partial charge < -0.3 is 4.74 Å². The fourth-order valence-corrected chi connectivity index (χ4v) is 3.70. The molecule has 5 nitrogen and oxygen atoms in total. The zero-order valence-electron chi connectivity index (χ0n) is 12.5. The molecule has 2 rings (SSSR count). The van der Waals surface area contributed by atoms with Gasteiger partial charge in [-0.1, -0.05) is 12.1 Å². The lowest BCUT2D eigenvalue weighted by Gasteiger charge is -2.15. The van der Waals surface area contributed by atoms with Crippen LogP contribution in [-0.4, -0.2) is 15.5 Å². The second kappa shape index (κ2) is 6.08. The van der Waals surface area contributed by atoms with Crippen LogP contribution in [0.1, 0.15) is 16.7 Å². The SMILES string of the molecule is COc1cc(C)cc(C)c1S(=O)(=O)Nc1cccc(C#N)c1. The average molecular weight is 316 g/mol. The van der Waals surface area contributed by atoms with Gasteiger partial charge in [0.1, 0.15) is 10.6 Å². The van der Waals surface area contributed by atoms with E-state index in [4.69, 9.17) is 10.00 Å². The summed E-state index contributed by atoms with van der Waals surface area (Å²) in [4.78, 5) is 0.1000. The number of hydrogen-bond donors (Lipinski definition) is 1. The Morgan fingerprint density at radius 3 is 2.55 bits per heavy atom. The minimum atomic E-state index is -3.81. The Morgan fingerprint density at radius 1 is 1.18 bits per heavy atom. The molecule has 0 fully saturated rings. The Balaban J connectivity index is 2.49. The quantitative estimate of drug-likeness (QED) is 0.940. The average Bonchev–Trinajstić information content (AvgIpc) is 2.45. The molecule has 0 amide bonds. The van der Waals surface area contributed by atoms with Crippen LogP contribution >= 0.6 is 0 Å². The Morgan fingerprint density at radius 2 is 1.91 bits per heavy atom. The van der Waals surface area contributed by atoms with E-state index in [0.29, 0.717) is 22.6 Å². The molecule has 6 heteroatoms. The van der Waals surface area contributed by atoms with E-state index < -0.39 is 10.0 Å². The maximum Gasteiger partial charge on any atom is 0.265 e. The van der Waals surface area contributed by atoms with Crippen LogP contribution in [0.25, 0.3) is 0 Å². The van der Waals surface area contributed by atoms with Crippen molar-refractivity contribution in [2.24, 2.45) is 0 Å². The third-order valence-electron chi connectivity index (χ3n) is 3.12. The van der Waals surface area contributed by atoms with Crippen molar-refractivity contribution < 1.29 is 13.2 Å². The van der Waals surface area contributed by atoms with Gasteiger partial charge >= 0.3 is 0 Å². The predicted octanol–water partition coefficient (Wildman–Crippen LogP) is 2.98. The Labute approximate surface area is 130 Å². The van der Waals surface area contributed by atoms with E-state index >= 15 is 0 Å². The Kier molecular flexibility index (Phi) is 4.38. The van der Waals surface area contributed by atoms with Crippen molar-refractivity contribution >= 4 is 15.7 Å². The number of sulfonamides is 1. The number of hydrogen-bond acceptors (Lipinski definition) is 4. The van der Waals surface area contributed by atoms with Crippen molar-refractivity contribution in [1.29, 1.82) is 5.26 Å². The van der Waals surface area contributed by atoms with Crippen LogP contribution in [0.2, 0.25) is 0 Å². The number of nitriles is 1. The van der Waals surface area contributed by atoms with Crippen molar-refractivity contribution in [1.82, 2.24) is 0 Å². The smallest absolute Gasteiger partial charge is 0.265 e. The molecule has 0 saturated carbocycles. The zero-order chi connectivity index (χ0) is 16.3. The lowest BCUT2D eigenvalue weighted by atomic mass is 10.1. The van der Waals surface area contributed by atoms with Gasteiger partial charge in [-0.25, -0.2) is 8.42 Å². The molecular formula is C16H16N2O3S. The van der Waals surface area contributed by atoms with Gasteiger partial charge in [0.2, 0.25) is 0 Å². The van der Waals surface area contributed by atoms with Crippen LogP contribution in [0.3, 0.4) is 0 Å². The minimum Gasteiger partial charge on any atom is -0.495 e. The molecular weight excluding hydrogens is 300 g/mol. The predicted molar refractivity (Wildman–Crippen MR) is 84.4 cm³/mol. The van der Waals surface area contributed by atoms with Crippen molar-refractivity contribution in [2.75, 3.05) is 11.8 Å². The van der Waals surface area contributed by atoms with E-state index in [9.17, 15) is 8.42 Å². The van der Waals surface area contributed by atoms with Crippen molar-refractivity contribution in [3.63, 3.8) is 0 Å². The first-order valence-corrected chi connectivity index (χ1v) is 8.04. The van der Waals surface area contributed by atoms with Gasteiger partial charge in [-0.3, -0.25) is 4.72 Å². The van der Waals surface area contributed by atoms with Gasteiger partial charge in [-0.2, -0.15) is 5.26 Å². The second-order valence-corrected chi connectivity index (χ2v) is 6.53. The summed E-state index contributed by atoms with van der Waals surface area (Å²) >= 11 is 0. The van der Waals surface area contributed by atoms with Gasteiger partial charge in [-0.15, -0.1) is 0 Å². The van der Waals surface area contributed by atoms with Crippen molar-refractivity contribution in [2.45, 2.75) is 18.7 Å². The van der Waals surface area contributed by atoms with Crippen LogP contribution in [0.15, 0.2) is 41.3 Å². The third-order valence-corrected chi connectivity index (χ3v) is 4.68. The molecule has 0 unspecified atom stereocenters. The number of rotatable bonds is 4. The maximum atomic E-state index is 12.6. The monoisotopic (exact) mass is 316 g/mol. The zero-order valence-corrected chi connectivity index (χ0v) is 13.4. The number of benzene rings is 2. The minimum absolute atomic E-state index is 0.1000. The highest BCUT2D eigenvalue weighted by Gasteiger charge is 2.22. The van der Waals surface area contributed by atoms with E-state index in [0.717, 1.165) is 5.56 Å². The normalized spacial score (nSPS) is 10.8. The first-order chi connectivity index (χ1) is 10.4. The molecule has 0 aliphatic heterocycles. The molecule has 0 saturated heterocycles. The molecule has 0 aliphatic rings. The molecule has 1 N–H and O–H groups in total. The van der Waals surface area contributed by atoms with Gasteiger partial charge in [0.15, 0.2) is 0 Å². The van der Waals surface area contributed by atoms with Crippen LogP contribution in [0, 0.1) is 25.2 Å². The number of nitrogens with one attached hydrogen (secondary N) is 1. The topological polar surface area (TPSA) is 79.2 Å². The number of methoxy groups -OCH3 is 1. The van der Waals surface area contributed by atoms with E-state index in [1.807, 2.05) is 13.0 Å². The first kappa shape index (κ1) is 15.9. The number of nitrogens with zero attached hydrogens (tertiary/aromatic N) is 1. The van der Waals surface area contributed by atoms with E-state index in [-0.39, 0.29) is 4.90 Å². The number of ether oxygens (including phenoxy) is 1. The number of anilines is 1. The summed E-state index contributed by atoms with van der Waals surface area (Å²) in [6.07, 6.45) is 0. The van der Waals surface area contributed by atoms with E-state index in [1.165, 1.54) is 13.2 Å². The summed E-state index contributed by atoms with van der Waals surface area (Å²) in [7, 11) is -2.38. The summed E-state index contributed by atoms with van der Waals surface area (Å²) < 4.78 is 33.0. The molecule has 0 spiro atoms. The highest BCUT2D eigenvalue weighted by Crippen LogP contribution is 2.30. The van der Waals surface area contributed by atoms with Crippen LogP contribution < -0.4 is 9.46 Å². The first-order valence-electron chi connectivity index (χ1n) is 6.55. The summed E-state index contributed by atoms with van der Waals surface area (Å²) in [5.74, 6) is 0.293. The summed E-state index contributed by atoms with van der Waals surface area (Å²) in [5, 5.41) is 8.89. The molecule has 2 aromatic carbocycles. The molecule has 0 bridgehead atoms. The lowest BCUT2D eigenvalue weighted by molar-refractivity contribution is 0.402. The Hall–Kier alpha value is -2.52. The third kappa shape index (κ3) is 3.21. The molecule has 0 radical (unpaired) electrons. The second-order valence-electron chi connectivity index (χ2n) is 4.91. The molecule has 0 aliphatic carbocycles. The number of aryl methyl sites for hydroxylation is 2. The molecule has 0 aromatic heterocycles. The highest BCUT2D eigenvalue weighted by atomic mass is 32.2. The van der Waals surface area contributed by atoms with Gasteiger partial charge in [0, 0.05) is 0 Å². The highest BCUT2D eigenvalue weighted by molar-refractivity contribution is 7.92. The van der Waals surface area contributed by atoms with Crippen molar-refractivity contribution in [3.8, 4) is 11.8 Å². The van der Waals surface area contributed by atoms with Crippen LogP contribution in [0.5, 0.6) is 5.75 Å². The van der Waals surface area contributed by atoms with Gasteiger partial charge in [-0.05, 0) is 49.2 Å². The van der Waals surface area contributed by atoms with Crippen LogP contribution in [0.4, 0.5) is 5.69 Å². The molecule has 114 valence electrons. The van der Waals surface area contributed by atoms with Gasteiger partial charge in [0.25, 0.3) is 10.0 Å². The Bertz CT molecular complexity index is 852. The molecule has 22 heavy (non-hydrogen) atoms. The molecule has 2 aromatic rings. The summed E-state index contributed by atoms with van der Waals surface area (Å²) in [6.45, 7) is 3.59. The maximum absolute atomic E-state index is 12.6. The fourth-order valence-electron chi connectivity index (χ4n) is 2.27. The standard InChI is InChI=1S/C16H16N2O3S/c1-11-7-12(2)16(15(8-11)21-3)22(19,20)18-14-6-4-5-13(9-14)10-17/h4-9,18H,1-3H3. The lowest BCUT2D eigenvalue weighted by Crippen LogP contribution is -2.15. The van der Waals surface area contributed by atoms with Crippen molar-refractivity contribution in [3.05, 3.63) is 53.1 Å². The molecule has 0 heterocycles. The van der Waals surface area contributed by atoms with E-state index in [2.05, 4.69) is 4.72 Å². The van der Waals surface area contributed by atoms with Crippen LogP contribution in [-0.2, 0) is 10.0 Å². The largest absolute Gasteiger partial charge is 0.495 e. The van der Waals surface area contributed by atoms with Gasteiger partial charge in [0.05, 0.1) is 24.4 Å². The van der Waals surface area contributed by atoms with E-state index in [1.54, 1.807) is 37.3 Å².